The van der Waals surface area contributed by atoms with Crippen LogP contribution in [-0.4, -0.2) is 11.2 Å². The van der Waals surface area contributed by atoms with Gasteiger partial charge in [0.05, 0.1) is 6.10 Å². The van der Waals surface area contributed by atoms with Gasteiger partial charge < -0.3 is 9.84 Å². The van der Waals surface area contributed by atoms with Gasteiger partial charge in [0.25, 0.3) is 0 Å². The topological polar surface area (TPSA) is 29.5 Å². The van der Waals surface area contributed by atoms with Gasteiger partial charge in [0, 0.05) is 8.95 Å². The lowest BCUT2D eigenvalue weighted by Crippen LogP contribution is -2.01. The molecule has 1 fully saturated rings. The Balaban J connectivity index is 1.84. The Morgan fingerprint density at radius 3 is 2.45 bits per heavy atom. The van der Waals surface area contributed by atoms with Crippen molar-refractivity contribution in [1.82, 2.24) is 0 Å². The van der Waals surface area contributed by atoms with Crippen molar-refractivity contribution in [3.63, 3.8) is 0 Å². The van der Waals surface area contributed by atoms with Gasteiger partial charge in [-0.1, -0.05) is 18.2 Å². The molecule has 0 radical (unpaired) electrons. The van der Waals surface area contributed by atoms with Gasteiger partial charge in [0.1, 0.15) is 11.9 Å². The van der Waals surface area contributed by atoms with Gasteiger partial charge in [-0.3, -0.25) is 0 Å². The summed E-state index contributed by atoms with van der Waals surface area (Å²) in [5, 5.41) is 10.5. The van der Waals surface area contributed by atoms with Gasteiger partial charge >= 0.3 is 0 Å². The summed E-state index contributed by atoms with van der Waals surface area (Å²) in [5.74, 6) is 0.834. The van der Waals surface area contributed by atoms with E-state index in [9.17, 15) is 5.11 Å². The van der Waals surface area contributed by atoms with Crippen molar-refractivity contribution in [2.75, 3.05) is 0 Å². The fraction of sp³-hybridized carbons (Fsp3) is 0.250. The van der Waals surface area contributed by atoms with E-state index >= 15 is 0 Å². The van der Waals surface area contributed by atoms with E-state index in [1.165, 1.54) is 0 Å². The summed E-state index contributed by atoms with van der Waals surface area (Å²) < 4.78 is 7.67. The van der Waals surface area contributed by atoms with Crippen molar-refractivity contribution in [3.8, 4) is 5.75 Å². The molecule has 0 spiro atoms. The summed E-state index contributed by atoms with van der Waals surface area (Å²) in [7, 11) is 0. The lowest BCUT2D eigenvalue weighted by atomic mass is 10.0. The second-order valence-corrected chi connectivity index (χ2v) is 6.67. The first-order valence-electron chi connectivity index (χ1n) is 6.53. The molecule has 1 aliphatic rings. The highest BCUT2D eigenvalue weighted by atomic mass is 79.9. The van der Waals surface area contributed by atoms with E-state index in [1.54, 1.807) is 0 Å². The van der Waals surface area contributed by atoms with Crippen LogP contribution in [0.25, 0.3) is 0 Å². The number of benzene rings is 2. The molecule has 0 heterocycles. The normalized spacial score (nSPS) is 15.9. The van der Waals surface area contributed by atoms with Gasteiger partial charge in [0.15, 0.2) is 0 Å². The smallest absolute Gasteiger partial charge is 0.120 e. The molecule has 1 N–H and O–H groups in total. The summed E-state index contributed by atoms with van der Waals surface area (Å²) in [5.41, 5.74) is 1.70. The first-order valence-corrected chi connectivity index (χ1v) is 8.12. The quantitative estimate of drug-likeness (QED) is 0.800. The molecule has 2 aromatic carbocycles. The maximum atomic E-state index is 10.5. The van der Waals surface area contributed by atoms with E-state index in [4.69, 9.17) is 4.74 Å². The van der Waals surface area contributed by atoms with Crippen molar-refractivity contribution in [1.29, 1.82) is 0 Å². The van der Waals surface area contributed by atoms with Crippen LogP contribution in [0.3, 0.4) is 0 Å². The highest BCUT2D eigenvalue weighted by molar-refractivity contribution is 9.13. The first kappa shape index (κ1) is 14.1. The van der Waals surface area contributed by atoms with Crippen molar-refractivity contribution >= 4 is 31.9 Å². The maximum Gasteiger partial charge on any atom is 0.120 e. The Labute approximate surface area is 135 Å². The van der Waals surface area contributed by atoms with Crippen LogP contribution in [0.2, 0.25) is 0 Å². The van der Waals surface area contributed by atoms with Crippen LogP contribution in [0.15, 0.2) is 51.4 Å². The Hall–Kier alpha value is -0.840. The number of hydrogen-bond donors (Lipinski definition) is 1. The molecule has 2 nitrogen and oxygen atoms in total. The lowest BCUT2D eigenvalue weighted by molar-refractivity contribution is 0.219. The van der Waals surface area contributed by atoms with Crippen LogP contribution in [0.1, 0.15) is 30.1 Å². The molecule has 0 saturated heterocycles. The Morgan fingerprint density at radius 2 is 1.75 bits per heavy atom. The van der Waals surface area contributed by atoms with Crippen LogP contribution < -0.4 is 4.74 Å². The van der Waals surface area contributed by atoms with Gasteiger partial charge in [-0.15, -0.1) is 0 Å². The molecule has 20 heavy (non-hydrogen) atoms. The Morgan fingerprint density at radius 1 is 1.00 bits per heavy atom. The number of hydrogen-bond acceptors (Lipinski definition) is 2. The third-order valence-electron chi connectivity index (χ3n) is 3.26. The molecule has 1 atom stereocenters. The van der Waals surface area contributed by atoms with Crippen molar-refractivity contribution < 1.29 is 9.84 Å². The first-order chi connectivity index (χ1) is 9.63. The van der Waals surface area contributed by atoms with E-state index < -0.39 is 6.10 Å². The Kier molecular flexibility index (Phi) is 4.15. The number of ether oxygens (including phenoxy) is 1. The predicted molar refractivity (Wildman–Crippen MR) is 86.0 cm³/mol. The van der Waals surface area contributed by atoms with Crippen LogP contribution in [0.4, 0.5) is 0 Å². The maximum absolute atomic E-state index is 10.5. The summed E-state index contributed by atoms with van der Waals surface area (Å²) in [4.78, 5) is 0. The third kappa shape index (κ3) is 3.25. The molecule has 1 unspecified atom stereocenters. The minimum atomic E-state index is -0.651. The standard InChI is InChI=1S/C16H14Br2O2/c17-14-7-4-11(9-15(14)18)16(19)10-2-1-3-13(8-10)20-12-5-6-12/h1-4,7-9,12,16,19H,5-6H2. The van der Waals surface area contributed by atoms with Crippen molar-refractivity contribution in [2.45, 2.75) is 25.0 Å². The molecule has 1 aliphatic carbocycles. The Bertz CT molecular complexity index is 624. The molecule has 4 heteroatoms. The molecular formula is C16H14Br2O2. The van der Waals surface area contributed by atoms with E-state index in [0.717, 1.165) is 38.7 Å². The van der Waals surface area contributed by atoms with Crippen LogP contribution in [0.5, 0.6) is 5.75 Å². The molecule has 0 bridgehead atoms. The summed E-state index contributed by atoms with van der Waals surface area (Å²) >= 11 is 6.89. The van der Waals surface area contributed by atoms with Gasteiger partial charge in [-0.2, -0.15) is 0 Å². The highest BCUT2D eigenvalue weighted by Gasteiger charge is 2.23. The number of aliphatic hydroxyl groups is 1. The van der Waals surface area contributed by atoms with E-state index in [2.05, 4.69) is 31.9 Å². The van der Waals surface area contributed by atoms with Gasteiger partial charge in [-0.25, -0.2) is 0 Å². The zero-order chi connectivity index (χ0) is 14.1. The van der Waals surface area contributed by atoms with Gasteiger partial charge in [0.2, 0.25) is 0 Å². The van der Waals surface area contributed by atoms with E-state index in [1.807, 2.05) is 42.5 Å². The number of aliphatic hydroxyl groups excluding tert-OH is 1. The third-order valence-corrected chi connectivity index (χ3v) is 5.14. The largest absolute Gasteiger partial charge is 0.490 e. The second kappa shape index (κ2) is 5.88. The molecule has 104 valence electrons. The highest BCUT2D eigenvalue weighted by Crippen LogP contribution is 2.32. The summed E-state index contributed by atoms with van der Waals surface area (Å²) in [6, 6.07) is 13.4. The molecular weight excluding hydrogens is 384 g/mol. The second-order valence-electron chi connectivity index (χ2n) is 4.97. The summed E-state index contributed by atoms with van der Waals surface area (Å²) in [6.45, 7) is 0. The lowest BCUT2D eigenvalue weighted by Gasteiger charge is -2.14. The van der Waals surface area contributed by atoms with E-state index in [0.29, 0.717) is 6.10 Å². The fourth-order valence-corrected chi connectivity index (χ4v) is 2.65. The molecule has 3 rings (SSSR count). The predicted octanol–water partition coefficient (Wildman–Crippen LogP) is 4.83. The number of rotatable bonds is 4. The zero-order valence-electron chi connectivity index (χ0n) is 10.7. The van der Waals surface area contributed by atoms with Crippen LogP contribution in [-0.2, 0) is 0 Å². The average molecular weight is 398 g/mol. The number of halogens is 2. The van der Waals surface area contributed by atoms with E-state index in [-0.39, 0.29) is 0 Å². The molecule has 0 amide bonds. The SMILES string of the molecule is OC(c1cccc(OC2CC2)c1)c1ccc(Br)c(Br)c1. The minimum absolute atomic E-state index is 0.365. The average Bonchev–Trinajstić information content (AvgIpc) is 3.25. The van der Waals surface area contributed by atoms with Gasteiger partial charge in [-0.05, 0) is 80.1 Å². The fourth-order valence-electron chi connectivity index (χ4n) is 2.01. The molecule has 0 aromatic heterocycles. The minimum Gasteiger partial charge on any atom is -0.490 e. The van der Waals surface area contributed by atoms with Crippen LogP contribution >= 0.6 is 31.9 Å². The molecule has 1 saturated carbocycles. The molecule has 0 aliphatic heterocycles. The van der Waals surface area contributed by atoms with Crippen molar-refractivity contribution in [3.05, 3.63) is 62.5 Å². The summed E-state index contributed by atoms with van der Waals surface area (Å²) in [6.07, 6.45) is 1.98. The van der Waals surface area contributed by atoms with Crippen LogP contribution in [0, 0.1) is 0 Å². The monoisotopic (exact) mass is 396 g/mol. The molecule has 2 aromatic rings. The van der Waals surface area contributed by atoms with Crippen molar-refractivity contribution in [2.24, 2.45) is 0 Å². The zero-order valence-corrected chi connectivity index (χ0v) is 13.9.